The number of aliphatic carboxylic acids is 1. The number of fused-ring (bicyclic) bond motifs is 1. The van der Waals surface area contributed by atoms with Crippen LogP contribution in [-0.4, -0.2) is 22.8 Å². The van der Waals surface area contributed by atoms with Crippen LogP contribution in [-0.2, 0) is 9.53 Å². The quantitative estimate of drug-likeness (QED) is 0.207. The molecule has 0 spiro atoms. The van der Waals surface area contributed by atoms with Crippen molar-refractivity contribution in [2.45, 2.75) is 32.5 Å². The molecule has 40 heavy (non-hydrogen) atoms. The second-order valence-corrected chi connectivity index (χ2v) is 9.90. The van der Waals surface area contributed by atoms with E-state index in [4.69, 9.17) is 13.9 Å². The molecule has 2 N–H and O–H groups in total. The summed E-state index contributed by atoms with van der Waals surface area (Å²) in [6, 6.07) is 32.1. The highest BCUT2D eigenvalue weighted by molar-refractivity contribution is 6.05. The van der Waals surface area contributed by atoms with E-state index in [9.17, 15) is 14.7 Å². The van der Waals surface area contributed by atoms with Gasteiger partial charge in [-0.25, -0.2) is 9.59 Å². The van der Waals surface area contributed by atoms with E-state index in [1.807, 2.05) is 97.9 Å². The maximum Gasteiger partial charge on any atom is 0.412 e. The molecule has 0 saturated carbocycles. The lowest BCUT2D eigenvalue weighted by Gasteiger charge is -2.21. The lowest BCUT2D eigenvalue weighted by atomic mass is 10.0. The van der Waals surface area contributed by atoms with Crippen LogP contribution in [0.4, 0.5) is 10.5 Å². The highest BCUT2D eigenvalue weighted by atomic mass is 16.6. The Balaban J connectivity index is 1.37. The van der Waals surface area contributed by atoms with Gasteiger partial charge in [0, 0.05) is 10.9 Å². The van der Waals surface area contributed by atoms with E-state index in [1.165, 1.54) is 13.8 Å². The summed E-state index contributed by atoms with van der Waals surface area (Å²) in [5.74, 6) is -0.0403. The Labute approximate surface area is 232 Å². The third kappa shape index (κ3) is 5.68. The van der Waals surface area contributed by atoms with Gasteiger partial charge in [-0.15, -0.1) is 0 Å². The summed E-state index contributed by atoms with van der Waals surface area (Å²) in [6.45, 7) is 4.84. The Bertz CT molecular complexity index is 1640. The minimum absolute atomic E-state index is 0.422. The molecule has 7 nitrogen and oxygen atoms in total. The van der Waals surface area contributed by atoms with Crippen LogP contribution in [0.15, 0.2) is 108 Å². The smallest absolute Gasteiger partial charge is 0.412 e. The van der Waals surface area contributed by atoms with Gasteiger partial charge in [-0.05, 0) is 61.7 Å². The van der Waals surface area contributed by atoms with Crippen molar-refractivity contribution < 1.29 is 28.6 Å². The van der Waals surface area contributed by atoms with Crippen molar-refractivity contribution in [3.05, 3.63) is 109 Å². The first-order valence-electron chi connectivity index (χ1n) is 12.9. The molecule has 0 aliphatic heterocycles. The van der Waals surface area contributed by atoms with Gasteiger partial charge in [0.15, 0.2) is 11.4 Å². The maximum atomic E-state index is 12.9. The maximum absolute atomic E-state index is 12.9. The van der Waals surface area contributed by atoms with Crippen molar-refractivity contribution in [3.63, 3.8) is 0 Å². The highest BCUT2D eigenvalue weighted by Crippen LogP contribution is 2.39. The van der Waals surface area contributed by atoms with Gasteiger partial charge in [-0.1, -0.05) is 78.9 Å². The third-order valence-electron chi connectivity index (χ3n) is 6.60. The van der Waals surface area contributed by atoms with Gasteiger partial charge in [0.25, 0.3) is 0 Å². The van der Waals surface area contributed by atoms with Crippen LogP contribution in [0.25, 0.3) is 33.4 Å². The van der Waals surface area contributed by atoms with Gasteiger partial charge in [0.2, 0.25) is 0 Å². The van der Waals surface area contributed by atoms with Crippen LogP contribution in [0.1, 0.15) is 32.4 Å². The standard InChI is InChI=1S/C33H29NO6/c1-21(22-9-5-4-6-10-22)38-32(37)34-29-27-11-7-8-12-28(27)39-30(29)25-15-13-23(14-16-25)24-17-19-26(20-18-24)40-33(2,3)31(35)36/h4-21H,1-3H3,(H,34,37)(H,35,36)/t21-/m1/s1. The third-order valence-corrected chi connectivity index (χ3v) is 6.60. The fourth-order valence-corrected chi connectivity index (χ4v) is 4.32. The first-order valence-corrected chi connectivity index (χ1v) is 12.9. The Kier molecular flexibility index (Phi) is 7.29. The van der Waals surface area contributed by atoms with Gasteiger partial charge in [-0.3, -0.25) is 5.32 Å². The SMILES string of the molecule is C[C@@H](OC(=O)Nc1c(-c2ccc(-c3ccc(OC(C)(C)C(=O)O)cc3)cc2)oc2ccccc12)c1ccccc1. The summed E-state index contributed by atoms with van der Waals surface area (Å²) in [4.78, 5) is 24.2. The normalized spacial score (nSPS) is 12.1. The van der Waals surface area contributed by atoms with Crippen molar-refractivity contribution in [3.8, 4) is 28.2 Å². The van der Waals surface area contributed by atoms with E-state index in [1.54, 1.807) is 12.1 Å². The summed E-state index contributed by atoms with van der Waals surface area (Å²) in [5.41, 5.74) is 3.44. The van der Waals surface area contributed by atoms with Gasteiger partial charge in [0.1, 0.15) is 17.4 Å². The van der Waals surface area contributed by atoms with Crippen molar-refractivity contribution >= 4 is 28.7 Å². The minimum Gasteiger partial charge on any atom is -0.478 e. The van der Waals surface area contributed by atoms with Crippen molar-refractivity contribution in [1.82, 2.24) is 0 Å². The number of furan rings is 1. The number of rotatable bonds is 8. The van der Waals surface area contributed by atoms with E-state index in [0.717, 1.165) is 27.6 Å². The van der Waals surface area contributed by atoms with Crippen molar-refractivity contribution in [1.29, 1.82) is 0 Å². The molecule has 1 amide bonds. The van der Waals surface area contributed by atoms with E-state index in [0.29, 0.717) is 22.8 Å². The Morgan fingerprint density at radius 3 is 2.02 bits per heavy atom. The molecule has 1 heterocycles. The first kappa shape index (κ1) is 26.6. The molecule has 7 heteroatoms. The number of para-hydroxylation sites is 1. The number of amides is 1. The fourth-order valence-electron chi connectivity index (χ4n) is 4.32. The number of nitrogens with one attached hydrogen (secondary N) is 1. The Morgan fingerprint density at radius 2 is 1.38 bits per heavy atom. The van der Waals surface area contributed by atoms with Gasteiger partial charge >= 0.3 is 12.1 Å². The first-order chi connectivity index (χ1) is 19.2. The Hall–Kier alpha value is -5.04. The second-order valence-electron chi connectivity index (χ2n) is 9.90. The molecule has 0 radical (unpaired) electrons. The lowest BCUT2D eigenvalue weighted by molar-refractivity contribution is -0.152. The number of hydrogen-bond donors (Lipinski definition) is 2. The van der Waals surface area contributed by atoms with E-state index in [2.05, 4.69) is 5.32 Å². The van der Waals surface area contributed by atoms with E-state index in [-0.39, 0.29) is 0 Å². The number of carbonyl (C=O) groups is 2. The summed E-state index contributed by atoms with van der Waals surface area (Å²) in [5, 5.41) is 13.0. The van der Waals surface area contributed by atoms with E-state index < -0.39 is 23.8 Å². The molecular formula is C33H29NO6. The summed E-state index contributed by atoms with van der Waals surface area (Å²) in [7, 11) is 0. The van der Waals surface area contributed by atoms with Crippen molar-refractivity contribution in [2.24, 2.45) is 0 Å². The number of anilines is 1. The predicted molar refractivity (Wildman–Crippen MR) is 154 cm³/mol. The van der Waals surface area contributed by atoms with Gasteiger partial charge < -0.3 is 19.0 Å². The number of carbonyl (C=O) groups excluding carboxylic acids is 1. The fraction of sp³-hybridized carbons (Fsp3) is 0.152. The molecule has 1 aromatic heterocycles. The second kappa shape index (κ2) is 11.0. The number of benzene rings is 4. The average molecular weight is 536 g/mol. The van der Waals surface area contributed by atoms with Crippen LogP contribution < -0.4 is 10.1 Å². The molecule has 0 bridgehead atoms. The largest absolute Gasteiger partial charge is 0.478 e. The van der Waals surface area contributed by atoms with Gasteiger partial charge in [0.05, 0.1) is 5.69 Å². The van der Waals surface area contributed by atoms with Crippen LogP contribution in [0, 0.1) is 0 Å². The molecule has 1 atom stereocenters. The molecule has 0 aliphatic rings. The molecule has 0 aliphatic carbocycles. The Morgan fingerprint density at radius 1 is 0.800 bits per heavy atom. The lowest BCUT2D eigenvalue weighted by Crippen LogP contribution is -2.37. The molecule has 5 rings (SSSR count). The van der Waals surface area contributed by atoms with Crippen LogP contribution in [0.2, 0.25) is 0 Å². The molecule has 4 aromatic carbocycles. The minimum atomic E-state index is -1.33. The summed E-state index contributed by atoms with van der Waals surface area (Å²) >= 11 is 0. The zero-order valence-electron chi connectivity index (χ0n) is 22.4. The zero-order chi connectivity index (χ0) is 28.3. The van der Waals surface area contributed by atoms with Crippen LogP contribution >= 0.6 is 0 Å². The van der Waals surface area contributed by atoms with Crippen LogP contribution in [0.5, 0.6) is 5.75 Å². The number of carboxylic acid groups (broad SMARTS) is 1. The average Bonchev–Trinajstić information content (AvgIpc) is 3.32. The van der Waals surface area contributed by atoms with E-state index >= 15 is 0 Å². The summed E-state index contributed by atoms with van der Waals surface area (Å²) < 4.78 is 17.4. The predicted octanol–water partition coefficient (Wildman–Crippen LogP) is 8.32. The number of hydrogen-bond acceptors (Lipinski definition) is 5. The molecule has 0 unspecified atom stereocenters. The molecular weight excluding hydrogens is 506 g/mol. The van der Waals surface area contributed by atoms with Gasteiger partial charge in [-0.2, -0.15) is 0 Å². The zero-order valence-corrected chi connectivity index (χ0v) is 22.4. The topological polar surface area (TPSA) is 98.0 Å². The molecule has 5 aromatic rings. The van der Waals surface area contributed by atoms with Crippen molar-refractivity contribution in [2.75, 3.05) is 5.32 Å². The molecule has 0 saturated heterocycles. The van der Waals surface area contributed by atoms with Crippen LogP contribution in [0.3, 0.4) is 0 Å². The number of carboxylic acids is 1. The molecule has 202 valence electrons. The number of ether oxygens (including phenoxy) is 2. The molecule has 0 fully saturated rings. The monoisotopic (exact) mass is 535 g/mol. The summed E-state index contributed by atoms with van der Waals surface area (Å²) in [6.07, 6.45) is -0.997. The highest BCUT2D eigenvalue weighted by Gasteiger charge is 2.29.